The van der Waals surface area contributed by atoms with E-state index in [0.717, 1.165) is 11.4 Å². The van der Waals surface area contributed by atoms with Crippen LogP contribution < -0.4 is 4.90 Å². The quantitative estimate of drug-likeness (QED) is 0.742. The second-order valence-electron chi connectivity index (χ2n) is 4.26. The number of halogens is 1. The number of rotatable bonds is 3. The van der Waals surface area contributed by atoms with Crippen LogP contribution in [0.25, 0.3) is 5.69 Å². The summed E-state index contributed by atoms with van der Waals surface area (Å²) in [5, 5.41) is 12.6. The molecule has 0 aliphatic carbocycles. The van der Waals surface area contributed by atoms with Gasteiger partial charge in [0.15, 0.2) is 0 Å². The molecule has 5 nitrogen and oxygen atoms in total. The van der Waals surface area contributed by atoms with E-state index < -0.39 is 0 Å². The Balaban J connectivity index is 2.00. The number of hydrogen-bond donors (Lipinski definition) is 0. The van der Waals surface area contributed by atoms with Crippen molar-refractivity contribution in [3.05, 3.63) is 59.6 Å². The average Bonchev–Trinajstić information content (AvgIpc) is 2.97. The highest BCUT2D eigenvalue weighted by Crippen LogP contribution is 2.23. The molecule has 2 aromatic carbocycles. The first kappa shape index (κ1) is 12.6. The molecule has 0 aliphatic heterocycles. The first-order valence-corrected chi connectivity index (χ1v) is 6.46. The van der Waals surface area contributed by atoms with Crippen LogP contribution in [0.4, 0.5) is 11.6 Å². The lowest BCUT2D eigenvalue weighted by Gasteiger charge is -2.17. The van der Waals surface area contributed by atoms with Gasteiger partial charge in [0.1, 0.15) is 0 Å². The summed E-state index contributed by atoms with van der Waals surface area (Å²) in [7, 11) is 1.92. The second kappa shape index (κ2) is 5.30. The standard InChI is InChI=1S/C14H12ClN5/c1-19(12-5-3-2-4-6-12)14-16-17-18-20(14)13-9-7-11(15)8-10-13/h2-10H,1H3. The van der Waals surface area contributed by atoms with Gasteiger partial charge >= 0.3 is 0 Å². The number of anilines is 2. The molecular weight excluding hydrogens is 274 g/mol. The Morgan fingerprint density at radius 2 is 1.70 bits per heavy atom. The van der Waals surface area contributed by atoms with Crippen LogP contribution in [0.3, 0.4) is 0 Å². The van der Waals surface area contributed by atoms with Crippen LogP contribution in [0.2, 0.25) is 5.02 Å². The Hall–Kier alpha value is -2.40. The summed E-state index contributed by atoms with van der Waals surface area (Å²) >= 11 is 5.90. The molecule has 3 aromatic rings. The van der Waals surface area contributed by atoms with Gasteiger partial charge in [-0.2, -0.15) is 4.68 Å². The first-order chi connectivity index (χ1) is 9.75. The van der Waals surface area contributed by atoms with Crippen LogP contribution in [0.1, 0.15) is 0 Å². The van der Waals surface area contributed by atoms with Crippen molar-refractivity contribution in [3.63, 3.8) is 0 Å². The molecule has 0 amide bonds. The molecule has 0 radical (unpaired) electrons. The molecule has 0 saturated heterocycles. The van der Waals surface area contributed by atoms with Gasteiger partial charge in [-0.3, -0.25) is 0 Å². The highest BCUT2D eigenvalue weighted by molar-refractivity contribution is 6.30. The predicted octanol–water partition coefficient (Wildman–Crippen LogP) is 3.08. The largest absolute Gasteiger partial charge is 0.312 e. The van der Waals surface area contributed by atoms with Gasteiger partial charge in [-0.15, -0.1) is 0 Å². The molecule has 3 rings (SSSR count). The van der Waals surface area contributed by atoms with E-state index in [2.05, 4.69) is 15.5 Å². The molecule has 1 aromatic heterocycles. The van der Waals surface area contributed by atoms with Gasteiger partial charge in [0.05, 0.1) is 5.69 Å². The van der Waals surface area contributed by atoms with Gasteiger partial charge in [-0.1, -0.05) is 34.9 Å². The molecule has 0 atom stereocenters. The maximum absolute atomic E-state index is 5.90. The van der Waals surface area contributed by atoms with E-state index >= 15 is 0 Å². The van der Waals surface area contributed by atoms with Crippen LogP contribution in [0.5, 0.6) is 0 Å². The molecular formula is C14H12ClN5. The SMILES string of the molecule is CN(c1ccccc1)c1nnnn1-c1ccc(Cl)cc1. The summed E-state index contributed by atoms with van der Waals surface area (Å²) in [6.45, 7) is 0. The third-order valence-electron chi connectivity index (χ3n) is 2.97. The first-order valence-electron chi connectivity index (χ1n) is 6.09. The van der Waals surface area contributed by atoms with Gasteiger partial charge in [0, 0.05) is 17.8 Å². The molecule has 0 N–H and O–H groups in total. The Labute approximate surface area is 121 Å². The molecule has 100 valence electrons. The molecule has 0 aliphatic rings. The monoisotopic (exact) mass is 285 g/mol. The van der Waals surface area contributed by atoms with Crippen molar-refractivity contribution in [1.29, 1.82) is 0 Å². The van der Waals surface area contributed by atoms with E-state index in [1.54, 1.807) is 4.68 Å². The van der Waals surface area contributed by atoms with Crippen molar-refractivity contribution < 1.29 is 0 Å². The molecule has 0 spiro atoms. The van der Waals surface area contributed by atoms with E-state index in [0.29, 0.717) is 11.0 Å². The fourth-order valence-electron chi connectivity index (χ4n) is 1.91. The zero-order chi connectivity index (χ0) is 13.9. The number of nitrogens with zero attached hydrogens (tertiary/aromatic N) is 5. The highest BCUT2D eigenvalue weighted by Gasteiger charge is 2.14. The smallest absolute Gasteiger partial charge is 0.254 e. The molecule has 0 saturated carbocycles. The van der Waals surface area contributed by atoms with Crippen LogP contribution >= 0.6 is 11.6 Å². The topological polar surface area (TPSA) is 46.8 Å². The minimum Gasteiger partial charge on any atom is -0.312 e. The van der Waals surface area contributed by atoms with Gasteiger partial charge < -0.3 is 4.90 Å². The molecule has 6 heteroatoms. The van der Waals surface area contributed by atoms with Crippen LogP contribution in [0, 0.1) is 0 Å². The van der Waals surface area contributed by atoms with Gasteiger partial charge in [-0.05, 0) is 46.8 Å². The van der Waals surface area contributed by atoms with E-state index in [4.69, 9.17) is 11.6 Å². The minimum absolute atomic E-state index is 0.638. The van der Waals surface area contributed by atoms with Crippen molar-refractivity contribution in [2.75, 3.05) is 11.9 Å². The summed E-state index contributed by atoms with van der Waals surface area (Å²) < 4.78 is 1.67. The van der Waals surface area contributed by atoms with Crippen LogP contribution in [-0.4, -0.2) is 27.3 Å². The molecule has 0 unspecified atom stereocenters. The van der Waals surface area contributed by atoms with Gasteiger partial charge in [-0.25, -0.2) is 0 Å². The number of benzene rings is 2. The molecule has 0 fully saturated rings. The predicted molar refractivity (Wildman–Crippen MR) is 78.7 cm³/mol. The molecule has 0 bridgehead atoms. The lowest BCUT2D eigenvalue weighted by Crippen LogP contribution is -2.15. The summed E-state index contributed by atoms with van der Waals surface area (Å²) in [6.07, 6.45) is 0. The minimum atomic E-state index is 0.638. The van der Waals surface area contributed by atoms with Crippen molar-refractivity contribution in [3.8, 4) is 5.69 Å². The number of tetrazole rings is 1. The van der Waals surface area contributed by atoms with Crippen molar-refractivity contribution >= 4 is 23.2 Å². The zero-order valence-corrected chi connectivity index (χ0v) is 11.6. The summed E-state index contributed by atoms with van der Waals surface area (Å²) in [4.78, 5) is 1.93. The normalized spacial score (nSPS) is 10.5. The maximum Gasteiger partial charge on any atom is 0.254 e. The number of para-hydroxylation sites is 1. The van der Waals surface area contributed by atoms with E-state index in [1.807, 2.05) is 66.5 Å². The Morgan fingerprint density at radius 1 is 1.00 bits per heavy atom. The molecule has 1 heterocycles. The van der Waals surface area contributed by atoms with E-state index in [1.165, 1.54) is 0 Å². The number of hydrogen-bond acceptors (Lipinski definition) is 4. The fraction of sp³-hybridized carbons (Fsp3) is 0.0714. The lowest BCUT2D eigenvalue weighted by molar-refractivity contribution is 0.786. The summed E-state index contributed by atoms with van der Waals surface area (Å²) in [6, 6.07) is 17.3. The lowest BCUT2D eigenvalue weighted by atomic mass is 10.3. The zero-order valence-electron chi connectivity index (χ0n) is 10.8. The second-order valence-corrected chi connectivity index (χ2v) is 4.70. The fourth-order valence-corrected chi connectivity index (χ4v) is 2.03. The average molecular weight is 286 g/mol. The Bertz CT molecular complexity index is 693. The Morgan fingerprint density at radius 3 is 2.40 bits per heavy atom. The molecule has 20 heavy (non-hydrogen) atoms. The number of aromatic nitrogens is 4. The summed E-state index contributed by atoms with van der Waals surface area (Å²) in [5.74, 6) is 0.638. The van der Waals surface area contributed by atoms with Crippen molar-refractivity contribution in [2.24, 2.45) is 0 Å². The van der Waals surface area contributed by atoms with E-state index in [9.17, 15) is 0 Å². The van der Waals surface area contributed by atoms with Crippen LogP contribution in [0.15, 0.2) is 54.6 Å². The van der Waals surface area contributed by atoms with Crippen LogP contribution in [-0.2, 0) is 0 Å². The highest BCUT2D eigenvalue weighted by atomic mass is 35.5. The maximum atomic E-state index is 5.90. The Kier molecular flexibility index (Phi) is 3.35. The third-order valence-corrected chi connectivity index (χ3v) is 3.22. The van der Waals surface area contributed by atoms with Gasteiger partial charge in [0.25, 0.3) is 5.95 Å². The third kappa shape index (κ3) is 2.35. The van der Waals surface area contributed by atoms with E-state index in [-0.39, 0.29) is 0 Å². The summed E-state index contributed by atoms with van der Waals surface area (Å²) in [5.41, 5.74) is 1.87. The van der Waals surface area contributed by atoms with Crippen molar-refractivity contribution in [1.82, 2.24) is 20.2 Å². The van der Waals surface area contributed by atoms with Crippen molar-refractivity contribution in [2.45, 2.75) is 0 Å². The van der Waals surface area contributed by atoms with Gasteiger partial charge in [0.2, 0.25) is 0 Å².